The van der Waals surface area contributed by atoms with Gasteiger partial charge in [-0.3, -0.25) is 14.6 Å². The molecule has 2 heterocycles. The fourth-order valence-electron chi connectivity index (χ4n) is 3.26. The third-order valence-electron chi connectivity index (χ3n) is 4.73. The molecule has 0 saturated carbocycles. The number of aromatic nitrogens is 1. The van der Waals surface area contributed by atoms with E-state index in [4.69, 9.17) is 27.9 Å². The summed E-state index contributed by atoms with van der Waals surface area (Å²) in [6.07, 6.45) is 1.46. The van der Waals surface area contributed by atoms with Crippen LogP contribution < -0.4 is 10.1 Å². The smallest absolute Gasteiger partial charge is 0.239 e. The molecule has 2 aromatic rings. The number of piperazine rings is 1. The van der Waals surface area contributed by atoms with Gasteiger partial charge >= 0.3 is 0 Å². The van der Waals surface area contributed by atoms with E-state index >= 15 is 0 Å². The van der Waals surface area contributed by atoms with Gasteiger partial charge < -0.3 is 10.1 Å². The average molecular weight is 423 g/mol. The number of aryl methyl sites for hydroxylation is 1. The van der Waals surface area contributed by atoms with Gasteiger partial charge in [-0.15, -0.1) is 0 Å². The number of amides is 1. The van der Waals surface area contributed by atoms with E-state index in [9.17, 15) is 4.79 Å². The molecule has 0 spiro atoms. The topological polar surface area (TPSA) is 57.7 Å². The summed E-state index contributed by atoms with van der Waals surface area (Å²) in [5.74, 6) is 1.12. The van der Waals surface area contributed by atoms with Crippen molar-refractivity contribution >= 4 is 34.9 Å². The van der Waals surface area contributed by atoms with E-state index in [-0.39, 0.29) is 5.91 Å². The Bertz CT molecular complexity index is 839. The third kappa shape index (κ3) is 5.58. The molecule has 28 heavy (non-hydrogen) atoms. The summed E-state index contributed by atoms with van der Waals surface area (Å²) in [6, 6.07) is 7.80. The number of hydrogen-bond acceptors (Lipinski definition) is 5. The van der Waals surface area contributed by atoms with E-state index in [0.29, 0.717) is 22.4 Å². The van der Waals surface area contributed by atoms with Crippen molar-refractivity contribution in [1.82, 2.24) is 14.8 Å². The highest BCUT2D eigenvalue weighted by atomic mass is 35.5. The molecule has 1 amide bonds. The lowest BCUT2D eigenvalue weighted by Crippen LogP contribution is -2.48. The molecule has 3 rings (SSSR count). The van der Waals surface area contributed by atoms with Gasteiger partial charge in [-0.05, 0) is 19.1 Å². The van der Waals surface area contributed by atoms with Crippen molar-refractivity contribution in [3.05, 3.63) is 51.6 Å². The lowest BCUT2D eigenvalue weighted by Gasteiger charge is -2.34. The number of methoxy groups -OCH3 is 1. The highest BCUT2D eigenvalue weighted by Crippen LogP contribution is 2.23. The standard InChI is InChI=1S/C20H24Cl2N4O2/c1-14-3-4-18(28-2)15(9-14)12-25-5-7-26(8-6-25)13-19(27)24-20-17(22)10-16(21)11-23-20/h3-4,9-11H,5-8,12-13H2,1-2H3,(H,23,24,27). The molecule has 1 saturated heterocycles. The first kappa shape index (κ1) is 20.9. The molecule has 1 fully saturated rings. The van der Waals surface area contributed by atoms with Gasteiger partial charge in [-0.2, -0.15) is 0 Å². The minimum atomic E-state index is -0.134. The molecular formula is C20H24Cl2N4O2. The Balaban J connectivity index is 1.49. The molecule has 1 N–H and O–H groups in total. The van der Waals surface area contributed by atoms with Crippen LogP contribution in [0.25, 0.3) is 0 Å². The molecule has 1 aromatic heterocycles. The minimum absolute atomic E-state index is 0.134. The van der Waals surface area contributed by atoms with Gasteiger partial charge in [0.1, 0.15) is 5.75 Å². The normalized spacial score (nSPS) is 15.4. The van der Waals surface area contributed by atoms with Crippen LogP contribution in [0.1, 0.15) is 11.1 Å². The molecule has 0 bridgehead atoms. The van der Waals surface area contributed by atoms with E-state index < -0.39 is 0 Å². The van der Waals surface area contributed by atoms with Crippen molar-refractivity contribution in [2.45, 2.75) is 13.5 Å². The average Bonchev–Trinajstić information content (AvgIpc) is 2.66. The molecule has 8 heteroatoms. The summed E-state index contributed by atoms with van der Waals surface area (Å²) in [7, 11) is 1.70. The predicted octanol–water partition coefficient (Wildman–Crippen LogP) is 3.46. The van der Waals surface area contributed by atoms with E-state index in [1.807, 2.05) is 6.07 Å². The summed E-state index contributed by atoms with van der Waals surface area (Å²) in [5.41, 5.74) is 2.41. The van der Waals surface area contributed by atoms with Crippen molar-refractivity contribution in [3.63, 3.8) is 0 Å². The van der Waals surface area contributed by atoms with Gasteiger partial charge in [0.05, 0.1) is 23.7 Å². The van der Waals surface area contributed by atoms with Crippen molar-refractivity contribution in [3.8, 4) is 5.75 Å². The number of nitrogens with zero attached hydrogens (tertiary/aromatic N) is 3. The van der Waals surface area contributed by atoms with Gasteiger partial charge in [0.15, 0.2) is 5.82 Å². The third-order valence-corrected chi connectivity index (χ3v) is 5.22. The maximum absolute atomic E-state index is 12.3. The predicted molar refractivity (Wildman–Crippen MR) is 112 cm³/mol. The van der Waals surface area contributed by atoms with Crippen LogP contribution in [0.3, 0.4) is 0 Å². The number of nitrogens with one attached hydrogen (secondary N) is 1. The summed E-state index contributed by atoms with van der Waals surface area (Å²) in [6.45, 7) is 6.67. The number of rotatable bonds is 6. The molecule has 150 valence electrons. The second-order valence-electron chi connectivity index (χ2n) is 6.90. The van der Waals surface area contributed by atoms with Crippen LogP contribution in [0.15, 0.2) is 30.5 Å². The van der Waals surface area contributed by atoms with Crippen LogP contribution in [0.5, 0.6) is 5.75 Å². The first-order valence-electron chi connectivity index (χ1n) is 9.13. The van der Waals surface area contributed by atoms with Crippen LogP contribution >= 0.6 is 23.2 Å². The first-order valence-corrected chi connectivity index (χ1v) is 9.89. The number of carbonyl (C=O) groups is 1. The van der Waals surface area contributed by atoms with Gasteiger partial charge in [0.2, 0.25) is 5.91 Å². The zero-order valence-corrected chi connectivity index (χ0v) is 17.6. The first-order chi connectivity index (χ1) is 13.4. The number of hydrogen-bond donors (Lipinski definition) is 1. The van der Waals surface area contributed by atoms with E-state index in [1.165, 1.54) is 17.3 Å². The SMILES string of the molecule is COc1ccc(C)cc1CN1CCN(CC(=O)Nc2ncc(Cl)cc2Cl)CC1. The highest BCUT2D eigenvalue weighted by Gasteiger charge is 2.20. The van der Waals surface area contributed by atoms with Gasteiger partial charge in [-0.25, -0.2) is 4.98 Å². The molecule has 6 nitrogen and oxygen atoms in total. The Labute approximate surface area is 175 Å². The van der Waals surface area contributed by atoms with Crippen LogP contribution in [-0.2, 0) is 11.3 Å². The Morgan fingerprint density at radius 3 is 2.57 bits per heavy atom. The van der Waals surface area contributed by atoms with E-state index in [0.717, 1.165) is 38.5 Å². The van der Waals surface area contributed by atoms with E-state index in [2.05, 4.69) is 39.2 Å². The maximum Gasteiger partial charge on any atom is 0.239 e. The molecule has 0 radical (unpaired) electrons. The molecular weight excluding hydrogens is 399 g/mol. The fourth-order valence-corrected chi connectivity index (χ4v) is 3.69. The van der Waals surface area contributed by atoms with E-state index in [1.54, 1.807) is 13.2 Å². The molecule has 1 aliphatic heterocycles. The number of ether oxygens (including phenoxy) is 1. The molecule has 1 aliphatic rings. The van der Waals surface area contributed by atoms with Crippen LogP contribution in [0, 0.1) is 6.92 Å². The summed E-state index contributed by atoms with van der Waals surface area (Å²) < 4.78 is 5.47. The Kier molecular flexibility index (Phi) is 7.13. The summed E-state index contributed by atoms with van der Waals surface area (Å²) in [4.78, 5) is 20.9. The molecule has 0 aliphatic carbocycles. The zero-order valence-electron chi connectivity index (χ0n) is 16.0. The van der Waals surface area contributed by atoms with Crippen molar-refractivity contribution < 1.29 is 9.53 Å². The van der Waals surface area contributed by atoms with Crippen LogP contribution in [0.2, 0.25) is 10.0 Å². The van der Waals surface area contributed by atoms with Crippen molar-refractivity contribution in [2.24, 2.45) is 0 Å². The second kappa shape index (κ2) is 9.56. The molecule has 0 unspecified atom stereocenters. The zero-order chi connectivity index (χ0) is 20.1. The maximum atomic E-state index is 12.3. The number of pyridine rings is 1. The number of carbonyl (C=O) groups excluding carboxylic acids is 1. The summed E-state index contributed by atoms with van der Waals surface area (Å²) >= 11 is 11.9. The fraction of sp³-hybridized carbons (Fsp3) is 0.400. The van der Waals surface area contributed by atoms with Crippen LogP contribution in [-0.4, -0.2) is 60.5 Å². The van der Waals surface area contributed by atoms with Gasteiger partial charge in [-0.1, -0.05) is 40.9 Å². The Morgan fingerprint density at radius 2 is 1.89 bits per heavy atom. The lowest BCUT2D eigenvalue weighted by molar-refractivity contribution is -0.117. The van der Waals surface area contributed by atoms with Crippen molar-refractivity contribution in [1.29, 1.82) is 0 Å². The largest absolute Gasteiger partial charge is 0.496 e. The van der Waals surface area contributed by atoms with Gasteiger partial charge in [0.25, 0.3) is 0 Å². The number of anilines is 1. The summed E-state index contributed by atoms with van der Waals surface area (Å²) in [5, 5.41) is 3.51. The monoisotopic (exact) mass is 422 g/mol. The minimum Gasteiger partial charge on any atom is -0.496 e. The lowest BCUT2D eigenvalue weighted by atomic mass is 10.1. The quantitative estimate of drug-likeness (QED) is 0.771. The Hall–Kier alpha value is -1.86. The molecule has 1 aromatic carbocycles. The Morgan fingerprint density at radius 1 is 1.18 bits per heavy atom. The highest BCUT2D eigenvalue weighted by molar-refractivity contribution is 6.36. The number of halogens is 2. The van der Waals surface area contributed by atoms with Crippen LogP contribution in [0.4, 0.5) is 5.82 Å². The number of benzene rings is 1. The molecule has 0 atom stereocenters. The second-order valence-corrected chi connectivity index (χ2v) is 7.74. The van der Waals surface area contributed by atoms with Crippen molar-refractivity contribution in [2.75, 3.05) is 45.2 Å². The van der Waals surface area contributed by atoms with Gasteiger partial charge in [0, 0.05) is 44.5 Å².